The second kappa shape index (κ2) is 6.52. The molecule has 0 saturated carbocycles. The SMILES string of the molecule is Bc1c(B)c(B)c(-c2nc(Cl)nc(-c3ccccc3)n2)c(B)c1B. The lowest BCUT2D eigenvalue weighted by molar-refractivity contribution is 1.07. The van der Waals surface area contributed by atoms with Gasteiger partial charge in [-0.15, -0.1) is 16.4 Å². The molecule has 0 aliphatic heterocycles. The average molecular weight is 327 g/mol. The fourth-order valence-corrected chi connectivity index (χ4v) is 3.17. The van der Waals surface area contributed by atoms with Crippen LogP contribution in [0.5, 0.6) is 0 Å². The predicted molar refractivity (Wildman–Crippen MR) is 117 cm³/mol. The lowest BCUT2D eigenvalue weighted by atomic mass is 9.60. The summed E-state index contributed by atoms with van der Waals surface area (Å²) < 4.78 is 0. The van der Waals surface area contributed by atoms with E-state index in [9.17, 15) is 0 Å². The van der Waals surface area contributed by atoms with E-state index >= 15 is 0 Å². The van der Waals surface area contributed by atoms with Crippen molar-refractivity contribution >= 4 is 78.1 Å². The number of nitrogens with zero attached hydrogens (tertiary/aromatic N) is 3. The van der Waals surface area contributed by atoms with E-state index in [0.29, 0.717) is 11.6 Å². The van der Waals surface area contributed by atoms with E-state index in [1.807, 2.05) is 30.3 Å². The van der Waals surface area contributed by atoms with Gasteiger partial charge in [-0.05, 0) is 11.6 Å². The van der Waals surface area contributed by atoms with Crippen LogP contribution in [-0.4, -0.2) is 54.2 Å². The van der Waals surface area contributed by atoms with Crippen LogP contribution in [0.3, 0.4) is 0 Å². The molecule has 0 bridgehead atoms. The first-order valence-corrected chi connectivity index (χ1v) is 8.32. The molecule has 1 heterocycles. The lowest BCUT2D eigenvalue weighted by Gasteiger charge is -2.19. The van der Waals surface area contributed by atoms with Crippen molar-refractivity contribution in [2.45, 2.75) is 0 Å². The van der Waals surface area contributed by atoms with Gasteiger partial charge in [-0.2, -0.15) is 9.97 Å². The van der Waals surface area contributed by atoms with Crippen molar-refractivity contribution in [3.05, 3.63) is 35.6 Å². The Kier molecular flexibility index (Phi) is 4.59. The topological polar surface area (TPSA) is 38.7 Å². The van der Waals surface area contributed by atoms with Crippen molar-refractivity contribution < 1.29 is 0 Å². The maximum Gasteiger partial charge on any atom is 0.226 e. The minimum absolute atomic E-state index is 0.216. The first kappa shape index (κ1) is 16.9. The first-order chi connectivity index (χ1) is 11.4. The van der Waals surface area contributed by atoms with Crippen LogP contribution in [0.25, 0.3) is 22.8 Å². The summed E-state index contributed by atoms with van der Waals surface area (Å²) >= 11 is 6.20. The summed E-state index contributed by atoms with van der Waals surface area (Å²) in [6, 6.07) is 9.84. The number of halogens is 1. The van der Waals surface area contributed by atoms with Crippen LogP contribution in [0, 0.1) is 0 Å². The molecule has 0 atom stereocenters. The van der Waals surface area contributed by atoms with Crippen LogP contribution in [0.1, 0.15) is 0 Å². The summed E-state index contributed by atoms with van der Waals surface area (Å²) in [6.45, 7) is 0. The molecule has 0 N–H and O–H groups in total. The summed E-state index contributed by atoms with van der Waals surface area (Å²) in [6.07, 6.45) is 0. The molecular weight excluding hydrogens is 312 g/mol. The van der Waals surface area contributed by atoms with E-state index in [2.05, 4.69) is 49.2 Å². The van der Waals surface area contributed by atoms with Gasteiger partial charge in [0.1, 0.15) is 39.2 Å². The van der Waals surface area contributed by atoms with E-state index in [4.69, 9.17) is 16.6 Å². The number of hydrogen-bond acceptors (Lipinski definition) is 3. The molecule has 0 saturated heterocycles. The Morgan fingerprint density at radius 1 is 0.625 bits per heavy atom. The van der Waals surface area contributed by atoms with Crippen molar-refractivity contribution in [1.29, 1.82) is 0 Å². The van der Waals surface area contributed by atoms with Gasteiger partial charge in [0.25, 0.3) is 0 Å². The Hall–Kier alpha value is -1.94. The highest BCUT2D eigenvalue weighted by molar-refractivity contribution is 6.68. The third-order valence-electron chi connectivity index (χ3n) is 4.86. The van der Waals surface area contributed by atoms with Crippen molar-refractivity contribution in [1.82, 2.24) is 15.0 Å². The monoisotopic (exact) mass is 327 g/mol. The molecule has 3 rings (SSSR count). The molecule has 3 aromatic rings. The maximum absolute atomic E-state index is 6.20. The second-order valence-electron chi connectivity index (χ2n) is 6.12. The summed E-state index contributed by atoms with van der Waals surface area (Å²) in [5, 5.41) is 0.216. The van der Waals surface area contributed by atoms with Gasteiger partial charge in [-0.3, -0.25) is 0 Å². The van der Waals surface area contributed by atoms with E-state index in [-0.39, 0.29) is 5.28 Å². The lowest BCUT2D eigenvalue weighted by Crippen LogP contribution is -2.55. The Morgan fingerprint density at radius 2 is 1.12 bits per heavy atom. The zero-order valence-corrected chi connectivity index (χ0v) is 15.4. The predicted octanol–water partition coefficient (Wildman–Crippen LogP) is -4.85. The summed E-state index contributed by atoms with van der Waals surface area (Å²) in [5.41, 5.74) is 8.22. The molecular formula is C15H15B5ClN3. The van der Waals surface area contributed by atoms with Crippen molar-refractivity contribution in [2.24, 2.45) is 0 Å². The quantitative estimate of drug-likeness (QED) is 0.444. The van der Waals surface area contributed by atoms with Crippen molar-refractivity contribution in [3.8, 4) is 22.8 Å². The van der Waals surface area contributed by atoms with E-state index in [0.717, 1.165) is 11.1 Å². The normalized spacial score (nSPS) is 10.7. The van der Waals surface area contributed by atoms with Crippen molar-refractivity contribution in [2.75, 3.05) is 0 Å². The molecule has 1 aromatic heterocycles. The largest absolute Gasteiger partial charge is 0.226 e. The highest BCUT2D eigenvalue weighted by Crippen LogP contribution is 2.19. The van der Waals surface area contributed by atoms with Crippen LogP contribution in [0.2, 0.25) is 5.28 Å². The van der Waals surface area contributed by atoms with Gasteiger partial charge < -0.3 is 0 Å². The molecule has 0 aliphatic carbocycles. The van der Waals surface area contributed by atoms with Gasteiger partial charge in [-0.25, -0.2) is 4.98 Å². The maximum atomic E-state index is 6.20. The fourth-order valence-electron chi connectivity index (χ4n) is 3.01. The Morgan fingerprint density at radius 3 is 1.71 bits per heavy atom. The number of benzene rings is 2. The Bertz CT molecular complexity index is 905. The van der Waals surface area contributed by atoms with Gasteiger partial charge in [0.15, 0.2) is 11.6 Å². The minimum atomic E-state index is 0.216. The summed E-state index contributed by atoms with van der Waals surface area (Å²) in [7, 11) is 10.7. The fraction of sp³-hybridized carbons (Fsp3) is 0. The van der Waals surface area contributed by atoms with Gasteiger partial charge >= 0.3 is 0 Å². The molecule has 0 amide bonds. The molecule has 0 fully saturated rings. The van der Waals surface area contributed by atoms with Crippen LogP contribution in [0.15, 0.2) is 30.3 Å². The average Bonchev–Trinajstić information content (AvgIpc) is 2.59. The smallest absolute Gasteiger partial charge is 0.208 e. The van der Waals surface area contributed by atoms with Crippen LogP contribution in [0.4, 0.5) is 0 Å². The van der Waals surface area contributed by atoms with Gasteiger partial charge in [-0.1, -0.05) is 41.3 Å². The van der Waals surface area contributed by atoms with Crippen LogP contribution in [-0.2, 0) is 0 Å². The number of rotatable bonds is 2. The molecule has 0 aliphatic rings. The van der Waals surface area contributed by atoms with Crippen LogP contribution < -0.4 is 27.3 Å². The van der Waals surface area contributed by atoms with Gasteiger partial charge in [0.05, 0.1) is 0 Å². The first-order valence-electron chi connectivity index (χ1n) is 7.94. The highest BCUT2D eigenvalue weighted by Gasteiger charge is 2.17. The third kappa shape index (κ3) is 2.91. The Balaban J connectivity index is 2.27. The van der Waals surface area contributed by atoms with Gasteiger partial charge in [0, 0.05) is 11.1 Å². The standard InChI is InChI=1S/C15H15B5ClN3/c16-8-7(9(17)11(19)12(20)10(8)18)14-22-13(23-15(21)24-14)6-4-2-1-3-5-6/h1-5H,16-20H2. The molecule has 0 spiro atoms. The number of hydrogen-bond donors (Lipinski definition) is 0. The van der Waals surface area contributed by atoms with Gasteiger partial charge in [0.2, 0.25) is 5.28 Å². The van der Waals surface area contributed by atoms with E-state index in [1.54, 1.807) is 0 Å². The third-order valence-corrected chi connectivity index (χ3v) is 5.03. The highest BCUT2D eigenvalue weighted by atomic mass is 35.5. The van der Waals surface area contributed by atoms with Crippen molar-refractivity contribution in [3.63, 3.8) is 0 Å². The molecule has 24 heavy (non-hydrogen) atoms. The molecule has 112 valence electrons. The summed E-state index contributed by atoms with van der Waals surface area (Å²) in [5.74, 6) is 1.23. The molecule has 3 nitrogen and oxygen atoms in total. The van der Waals surface area contributed by atoms with Crippen LogP contribution >= 0.6 is 11.6 Å². The molecule has 0 unspecified atom stereocenters. The zero-order valence-electron chi connectivity index (χ0n) is 14.6. The molecule has 9 heteroatoms. The minimum Gasteiger partial charge on any atom is -0.208 e. The van der Waals surface area contributed by atoms with E-state index in [1.165, 1.54) is 27.3 Å². The Labute approximate surface area is 151 Å². The number of aromatic nitrogens is 3. The molecule has 2 aromatic carbocycles. The molecule has 0 radical (unpaired) electrons. The second-order valence-corrected chi connectivity index (χ2v) is 6.46. The van der Waals surface area contributed by atoms with E-state index < -0.39 is 0 Å². The zero-order chi connectivity index (χ0) is 17.4. The summed E-state index contributed by atoms with van der Waals surface area (Å²) in [4.78, 5) is 13.4.